The Morgan fingerprint density at radius 3 is 2.64 bits per heavy atom. The topological polar surface area (TPSA) is 38.0 Å². The average Bonchev–Trinajstić information content (AvgIpc) is 2.30. The molecule has 0 aliphatic carbocycles. The van der Waals surface area contributed by atoms with E-state index in [0.717, 1.165) is 11.3 Å². The zero-order chi connectivity index (χ0) is 8.43. The lowest BCUT2D eigenvalue weighted by Crippen LogP contribution is -2.00. The monoisotopic (exact) mass is 154 g/mol. The molecule has 0 fully saturated rings. The van der Waals surface area contributed by atoms with Gasteiger partial charge in [-0.15, -0.1) is 0 Å². The van der Waals surface area contributed by atoms with Gasteiger partial charge in [-0.25, -0.2) is 0 Å². The minimum absolute atomic E-state index is 0.0734. The van der Waals surface area contributed by atoms with E-state index in [-0.39, 0.29) is 6.61 Å². The van der Waals surface area contributed by atoms with E-state index < -0.39 is 0 Å². The van der Waals surface area contributed by atoms with Crippen molar-refractivity contribution in [3.8, 4) is 0 Å². The standard InChI is InChI=1S/C8H14N2O/c1-6(2)7-4-9-10(3)8(7)5-11/h4,6,11H,5H2,1-3H3. The summed E-state index contributed by atoms with van der Waals surface area (Å²) >= 11 is 0. The highest BCUT2D eigenvalue weighted by Crippen LogP contribution is 2.17. The molecule has 3 nitrogen and oxygen atoms in total. The van der Waals surface area contributed by atoms with Gasteiger partial charge in [-0.05, 0) is 11.5 Å². The summed E-state index contributed by atoms with van der Waals surface area (Å²) in [6.07, 6.45) is 1.82. The Morgan fingerprint density at radius 1 is 1.64 bits per heavy atom. The van der Waals surface area contributed by atoms with E-state index in [2.05, 4.69) is 18.9 Å². The van der Waals surface area contributed by atoms with Gasteiger partial charge in [0.05, 0.1) is 18.5 Å². The van der Waals surface area contributed by atoms with E-state index >= 15 is 0 Å². The van der Waals surface area contributed by atoms with Gasteiger partial charge in [0.2, 0.25) is 0 Å². The van der Waals surface area contributed by atoms with Crippen LogP contribution >= 0.6 is 0 Å². The van der Waals surface area contributed by atoms with Crippen LogP contribution in [0.4, 0.5) is 0 Å². The maximum Gasteiger partial charge on any atom is 0.0852 e. The minimum atomic E-state index is 0.0734. The zero-order valence-corrected chi connectivity index (χ0v) is 7.20. The van der Waals surface area contributed by atoms with E-state index in [1.165, 1.54) is 0 Å². The van der Waals surface area contributed by atoms with Gasteiger partial charge in [0, 0.05) is 7.05 Å². The van der Waals surface area contributed by atoms with E-state index in [0.29, 0.717) is 5.92 Å². The number of nitrogens with zero attached hydrogens (tertiary/aromatic N) is 2. The lowest BCUT2D eigenvalue weighted by molar-refractivity contribution is 0.269. The Bertz CT molecular complexity index is 240. The quantitative estimate of drug-likeness (QED) is 0.691. The van der Waals surface area contributed by atoms with E-state index in [1.807, 2.05) is 13.2 Å². The molecular weight excluding hydrogens is 140 g/mol. The Morgan fingerprint density at radius 2 is 2.27 bits per heavy atom. The molecule has 3 heteroatoms. The number of aromatic nitrogens is 2. The summed E-state index contributed by atoms with van der Waals surface area (Å²) in [5, 5.41) is 13.0. The summed E-state index contributed by atoms with van der Waals surface area (Å²) in [5.74, 6) is 0.436. The Hall–Kier alpha value is -0.830. The fourth-order valence-corrected chi connectivity index (χ4v) is 1.16. The largest absolute Gasteiger partial charge is 0.390 e. The summed E-state index contributed by atoms with van der Waals surface area (Å²) < 4.78 is 1.72. The molecule has 11 heavy (non-hydrogen) atoms. The molecule has 0 unspecified atom stereocenters. The summed E-state index contributed by atoms with van der Waals surface area (Å²) in [5.41, 5.74) is 2.05. The summed E-state index contributed by atoms with van der Waals surface area (Å²) in [6.45, 7) is 4.26. The van der Waals surface area contributed by atoms with Gasteiger partial charge in [0.15, 0.2) is 0 Å². The molecular formula is C8H14N2O. The number of aliphatic hydroxyl groups is 1. The number of aryl methyl sites for hydroxylation is 1. The molecule has 0 saturated carbocycles. The van der Waals surface area contributed by atoms with Crippen molar-refractivity contribution in [3.05, 3.63) is 17.5 Å². The predicted octanol–water partition coefficient (Wildman–Crippen LogP) is 1.04. The van der Waals surface area contributed by atoms with Crippen molar-refractivity contribution >= 4 is 0 Å². The lowest BCUT2D eigenvalue weighted by Gasteiger charge is -2.04. The third-order valence-electron chi connectivity index (χ3n) is 1.87. The van der Waals surface area contributed by atoms with Crippen LogP contribution in [0.15, 0.2) is 6.20 Å². The van der Waals surface area contributed by atoms with Crippen LogP contribution in [0.3, 0.4) is 0 Å². The van der Waals surface area contributed by atoms with Crippen LogP contribution in [0.2, 0.25) is 0 Å². The average molecular weight is 154 g/mol. The molecule has 0 aliphatic rings. The van der Waals surface area contributed by atoms with Crippen LogP contribution < -0.4 is 0 Å². The van der Waals surface area contributed by atoms with Crippen molar-refractivity contribution < 1.29 is 5.11 Å². The SMILES string of the molecule is CC(C)c1cnn(C)c1CO. The second-order valence-corrected chi connectivity index (χ2v) is 2.98. The maximum atomic E-state index is 8.98. The first kappa shape index (κ1) is 8.27. The molecule has 62 valence electrons. The molecule has 0 atom stereocenters. The molecule has 1 heterocycles. The van der Waals surface area contributed by atoms with Crippen LogP contribution in [-0.2, 0) is 13.7 Å². The van der Waals surface area contributed by atoms with Gasteiger partial charge >= 0.3 is 0 Å². The molecule has 1 rings (SSSR count). The number of hydrogen-bond acceptors (Lipinski definition) is 2. The van der Waals surface area contributed by atoms with Crippen LogP contribution in [0.1, 0.15) is 31.0 Å². The molecule has 1 aromatic rings. The minimum Gasteiger partial charge on any atom is -0.390 e. The van der Waals surface area contributed by atoms with Gasteiger partial charge in [0.25, 0.3) is 0 Å². The molecule has 0 saturated heterocycles. The van der Waals surface area contributed by atoms with E-state index in [1.54, 1.807) is 4.68 Å². The smallest absolute Gasteiger partial charge is 0.0852 e. The van der Waals surface area contributed by atoms with Gasteiger partial charge in [0.1, 0.15) is 0 Å². The fraction of sp³-hybridized carbons (Fsp3) is 0.625. The normalized spacial score (nSPS) is 11.0. The molecule has 0 bridgehead atoms. The second-order valence-electron chi connectivity index (χ2n) is 2.98. The maximum absolute atomic E-state index is 8.98. The molecule has 1 N–H and O–H groups in total. The van der Waals surface area contributed by atoms with Crippen molar-refractivity contribution in [1.82, 2.24) is 9.78 Å². The van der Waals surface area contributed by atoms with Crippen molar-refractivity contribution in [2.45, 2.75) is 26.4 Å². The number of rotatable bonds is 2. The number of hydrogen-bond donors (Lipinski definition) is 1. The van der Waals surface area contributed by atoms with Crippen molar-refractivity contribution in [2.24, 2.45) is 7.05 Å². The highest BCUT2D eigenvalue weighted by atomic mass is 16.3. The lowest BCUT2D eigenvalue weighted by atomic mass is 10.0. The highest BCUT2D eigenvalue weighted by Gasteiger charge is 2.09. The predicted molar refractivity (Wildman–Crippen MR) is 43.2 cm³/mol. The van der Waals surface area contributed by atoms with Gasteiger partial charge < -0.3 is 5.11 Å². The molecule has 0 aromatic carbocycles. The van der Waals surface area contributed by atoms with Crippen LogP contribution in [0.25, 0.3) is 0 Å². The Balaban J connectivity index is 3.05. The number of aliphatic hydroxyl groups excluding tert-OH is 1. The van der Waals surface area contributed by atoms with Crippen LogP contribution in [0, 0.1) is 0 Å². The fourth-order valence-electron chi connectivity index (χ4n) is 1.16. The van der Waals surface area contributed by atoms with Crippen molar-refractivity contribution in [1.29, 1.82) is 0 Å². The Kier molecular flexibility index (Phi) is 2.29. The summed E-state index contributed by atoms with van der Waals surface area (Å²) in [7, 11) is 1.84. The summed E-state index contributed by atoms with van der Waals surface area (Å²) in [6, 6.07) is 0. The molecule has 0 amide bonds. The van der Waals surface area contributed by atoms with Crippen LogP contribution in [0.5, 0.6) is 0 Å². The first-order chi connectivity index (χ1) is 5.16. The summed E-state index contributed by atoms with van der Waals surface area (Å²) in [4.78, 5) is 0. The van der Waals surface area contributed by atoms with E-state index in [9.17, 15) is 0 Å². The van der Waals surface area contributed by atoms with Gasteiger partial charge in [-0.1, -0.05) is 13.8 Å². The first-order valence-corrected chi connectivity index (χ1v) is 3.78. The molecule has 0 radical (unpaired) electrons. The van der Waals surface area contributed by atoms with Crippen LogP contribution in [-0.4, -0.2) is 14.9 Å². The second kappa shape index (κ2) is 3.05. The molecule has 1 aromatic heterocycles. The van der Waals surface area contributed by atoms with Gasteiger partial charge in [-0.3, -0.25) is 4.68 Å². The van der Waals surface area contributed by atoms with Gasteiger partial charge in [-0.2, -0.15) is 5.10 Å². The van der Waals surface area contributed by atoms with Crippen molar-refractivity contribution in [2.75, 3.05) is 0 Å². The Labute approximate surface area is 66.7 Å². The van der Waals surface area contributed by atoms with Crippen molar-refractivity contribution in [3.63, 3.8) is 0 Å². The third-order valence-corrected chi connectivity index (χ3v) is 1.87. The third kappa shape index (κ3) is 1.43. The molecule has 0 aliphatic heterocycles. The first-order valence-electron chi connectivity index (χ1n) is 3.78. The van der Waals surface area contributed by atoms with E-state index in [4.69, 9.17) is 5.11 Å². The zero-order valence-electron chi connectivity index (χ0n) is 7.20. The molecule has 0 spiro atoms. The highest BCUT2D eigenvalue weighted by molar-refractivity contribution is 5.20.